The SMILES string of the molecule is C[C@]12CN(Cc3ccccc3)C[C@H]1NC(=O)c1ccccc1[C@@H]2N. The third-order valence-electron chi connectivity index (χ3n) is 5.61. The van der Waals surface area contributed by atoms with Crippen LogP contribution in [0, 0.1) is 5.41 Å². The fraction of sp³-hybridized carbons (Fsp3) is 0.350. The van der Waals surface area contributed by atoms with Gasteiger partial charge in [-0.1, -0.05) is 55.5 Å². The largest absolute Gasteiger partial charge is 0.347 e. The van der Waals surface area contributed by atoms with E-state index in [9.17, 15) is 4.79 Å². The number of nitrogens with two attached hydrogens (primary N) is 1. The lowest BCUT2D eigenvalue weighted by atomic mass is 9.75. The fourth-order valence-corrected chi connectivity index (χ4v) is 4.18. The van der Waals surface area contributed by atoms with Crippen LogP contribution >= 0.6 is 0 Å². The van der Waals surface area contributed by atoms with Crippen molar-refractivity contribution in [1.29, 1.82) is 0 Å². The predicted molar refractivity (Wildman–Crippen MR) is 94.5 cm³/mol. The van der Waals surface area contributed by atoms with E-state index < -0.39 is 0 Å². The molecule has 2 aliphatic rings. The van der Waals surface area contributed by atoms with Gasteiger partial charge >= 0.3 is 0 Å². The maximum Gasteiger partial charge on any atom is 0.251 e. The quantitative estimate of drug-likeness (QED) is 0.892. The Bertz CT molecular complexity index is 760. The van der Waals surface area contributed by atoms with Gasteiger partial charge in [0.2, 0.25) is 0 Å². The summed E-state index contributed by atoms with van der Waals surface area (Å²) in [6.07, 6.45) is 0. The number of carbonyl (C=O) groups is 1. The molecule has 0 aliphatic carbocycles. The van der Waals surface area contributed by atoms with E-state index in [1.165, 1.54) is 5.56 Å². The molecule has 24 heavy (non-hydrogen) atoms. The smallest absolute Gasteiger partial charge is 0.251 e. The number of nitrogens with zero attached hydrogens (tertiary/aromatic N) is 1. The van der Waals surface area contributed by atoms with Crippen LogP contribution in [0.2, 0.25) is 0 Å². The highest BCUT2D eigenvalue weighted by molar-refractivity contribution is 5.96. The first-order valence-electron chi connectivity index (χ1n) is 8.49. The lowest BCUT2D eigenvalue weighted by Gasteiger charge is -2.35. The summed E-state index contributed by atoms with van der Waals surface area (Å²) in [5.41, 5.74) is 9.46. The highest BCUT2D eigenvalue weighted by atomic mass is 16.1. The number of amides is 1. The maximum absolute atomic E-state index is 12.6. The molecule has 0 saturated carbocycles. The van der Waals surface area contributed by atoms with E-state index in [1.807, 2.05) is 30.3 Å². The Balaban J connectivity index is 1.64. The molecule has 1 amide bonds. The number of hydrogen-bond donors (Lipinski definition) is 2. The summed E-state index contributed by atoms with van der Waals surface area (Å²) in [6, 6.07) is 18.1. The van der Waals surface area contributed by atoms with Crippen molar-refractivity contribution >= 4 is 5.91 Å². The molecule has 4 rings (SSSR count). The van der Waals surface area contributed by atoms with Crippen LogP contribution in [0.4, 0.5) is 0 Å². The lowest BCUT2D eigenvalue weighted by molar-refractivity contribution is 0.0918. The molecule has 4 nitrogen and oxygen atoms in total. The van der Waals surface area contributed by atoms with Crippen molar-refractivity contribution in [2.24, 2.45) is 11.1 Å². The Morgan fingerprint density at radius 1 is 1.17 bits per heavy atom. The van der Waals surface area contributed by atoms with Gasteiger partial charge in [0.1, 0.15) is 0 Å². The fourth-order valence-electron chi connectivity index (χ4n) is 4.18. The second-order valence-electron chi connectivity index (χ2n) is 7.25. The molecule has 0 unspecified atom stereocenters. The van der Waals surface area contributed by atoms with Crippen molar-refractivity contribution in [2.75, 3.05) is 13.1 Å². The molecule has 4 heteroatoms. The van der Waals surface area contributed by atoms with Crippen LogP contribution in [0.15, 0.2) is 54.6 Å². The number of benzene rings is 2. The average molecular weight is 321 g/mol. The van der Waals surface area contributed by atoms with E-state index in [-0.39, 0.29) is 23.4 Å². The van der Waals surface area contributed by atoms with E-state index in [1.54, 1.807) is 0 Å². The molecule has 1 saturated heterocycles. The highest BCUT2D eigenvalue weighted by Gasteiger charge is 2.50. The molecular weight excluding hydrogens is 298 g/mol. The number of fused-ring (bicyclic) bond motifs is 2. The van der Waals surface area contributed by atoms with E-state index in [0.29, 0.717) is 0 Å². The van der Waals surface area contributed by atoms with Crippen molar-refractivity contribution in [3.8, 4) is 0 Å². The van der Waals surface area contributed by atoms with Crippen LogP contribution in [0.1, 0.15) is 34.5 Å². The molecule has 0 bridgehead atoms. The molecule has 0 radical (unpaired) electrons. The van der Waals surface area contributed by atoms with E-state index in [4.69, 9.17) is 5.73 Å². The normalized spacial score (nSPS) is 29.5. The molecule has 2 heterocycles. The topological polar surface area (TPSA) is 58.4 Å². The zero-order valence-electron chi connectivity index (χ0n) is 13.9. The number of rotatable bonds is 2. The van der Waals surface area contributed by atoms with Gasteiger partial charge in [-0.05, 0) is 17.2 Å². The molecule has 2 aromatic carbocycles. The van der Waals surface area contributed by atoms with Gasteiger partial charge in [0.25, 0.3) is 5.91 Å². The minimum absolute atomic E-state index is 0.00339. The molecular formula is C20H23N3O. The third kappa shape index (κ3) is 2.43. The highest BCUT2D eigenvalue weighted by Crippen LogP contribution is 2.43. The van der Waals surface area contributed by atoms with Crippen LogP contribution < -0.4 is 11.1 Å². The van der Waals surface area contributed by atoms with Gasteiger partial charge in [0.05, 0.1) is 6.04 Å². The Kier molecular flexibility index (Phi) is 3.66. The van der Waals surface area contributed by atoms with Crippen LogP contribution in [0.3, 0.4) is 0 Å². The Hall–Kier alpha value is -2.17. The molecule has 1 fully saturated rings. The zero-order chi connectivity index (χ0) is 16.7. The van der Waals surface area contributed by atoms with Crippen LogP contribution in [-0.2, 0) is 6.54 Å². The Labute approximate surface area is 142 Å². The summed E-state index contributed by atoms with van der Waals surface area (Å²) in [7, 11) is 0. The van der Waals surface area contributed by atoms with Gasteiger partial charge in [-0.3, -0.25) is 9.69 Å². The maximum atomic E-state index is 12.6. The van der Waals surface area contributed by atoms with E-state index in [2.05, 4.69) is 41.4 Å². The number of carbonyl (C=O) groups excluding carboxylic acids is 1. The molecule has 3 N–H and O–H groups in total. The first-order valence-corrected chi connectivity index (χ1v) is 8.49. The summed E-state index contributed by atoms with van der Waals surface area (Å²) >= 11 is 0. The molecule has 2 aromatic rings. The van der Waals surface area contributed by atoms with Crippen molar-refractivity contribution in [3.05, 3.63) is 71.3 Å². The number of hydrogen-bond acceptors (Lipinski definition) is 3. The van der Waals surface area contributed by atoms with Crippen LogP contribution in [-0.4, -0.2) is 29.9 Å². The lowest BCUT2D eigenvalue weighted by Crippen LogP contribution is -2.47. The second-order valence-corrected chi connectivity index (χ2v) is 7.25. The van der Waals surface area contributed by atoms with Gasteiger partial charge in [-0.25, -0.2) is 0 Å². The summed E-state index contributed by atoms with van der Waals surface area (Å²) < 4.78 is 0. The first kappa shape index (κ1) is 15.4. The monoisotopic (exact) mass is 321 g/mol. The average Bonchev–Trinajstić information content (AvgIpc) is 2.88. The molecule has 0 aromatic heterocycles. The van der Waals surface area contributed by atoms with Gasteiger partial charge < -0.3 is 11.1 Å². The number of nitrogens with one attached hydrogen (secondary N) is 1. The first-order chi connectivity index (χ1) is 11.6. The second kappa shape index (κ2) is 5.72. The summed E-state index contributed by atoms with van der Waals surface area (Å²) in [4.78, 5) is 15.0. The van der Waals surface area contributed by atoms with Crippen molar-refractivity contribution in [2.45, 2.75) is 25.6 Å². The predicted octanol–water partition coefficient (Wildman–Crippen LogP) is 2.32. The molecule has 0 spiro atoms. The van der Waals surface area contributed by atoms with Gasteiger partial charge in [-0.2, -0.15) is 0 Å². The Morgan fingerprint density at radius 2 is 1.88 bits per heavy atom. The molecule has 2 aliphatic heterocycles. The molecule has 3 atom stereocenters. The van der Waals surface area contributed by atoms with E-state index >= 15 is 0 Å². The number of likely N-dealkylation sites (tertiary alicyclic amines) is 1. The standard InChI is InChI=1S/C20H23N3O/c1-20-13-23(11-14-7-3-2-4-8-14)12-17(20)22-19(24)16-10-6-5-9-15(16)18(20)21/h2-10,17-18H,11-13,21H2,1H3,(H,22,24)/t17-,18+,20+/m1/s1. The minimum atomic E-state index is -0.170. The van der Waals surface area contributed by atoms with Gasteiger partial charge in [-0.15, -0.1) is 0 Å². The summed E-state index contributed by atoms with van der Waals surface area (Å²) in [6.45, 7) is 4.80. The van der Waals surface area contributed by atoms with Crippen LogP contribution in [0.5, 0.6) is 0 Å². The van der Waals surface area contributed by atoms with Crippen molar-refractivity contribution < 1.29 is 4.79 Å². The Morgan fingerprint density at radius 3 is 2.67 bits per heavy atom. The summed E-state index contributed by atoms with van der Waals surface area (Å²) in [5.74, 6) is -0.00339. The minimum Gasteiger partial charge on any atom is -0.347 e. The third-order valence-corrected chi connectivity index (χ3v) is 5.61. The zero-order valence-corrected chi connectivity index (χ0v) is 13.9. The van der Waals surface area contributed by atoms with E-state index in [0.717, 1.165) is 30.8 Å². The van der Waals surface area contributed by atoms with Gasteiger partial charge in [0.15, 0.2) is 0 Å². The van der Waals surface area contributed by atoms with Crippen LogP contribution in [0.25, 0.3) is 0 Å². The van der Waals surface area contributed by atoms with Crippen molar-refractivity contribution in [3.63, 3.8) is 0 Å². The van der Waals surface area contributed by atoms with Gasteiger partial charge in [0, 0.05) is 36.7 Å². The van der Waals surface area contributed by atoms with Crippen molar-refractivity contribution in [1.82, 2.24) is 10.2 Å². The summed E-state index contributed by atoms with van der Waals surface area (Å²) in [5, 5.41) is 3.22. The molecule has 124 valence electrons.